The topological polar surface area (TPSA) is 38.5 Å². The average Bonchev–Trinajstić information content (AvgIpc) is 2.46. The number of nitrogens with two attached hydrogens (primary N) is 1. The normalized spacial score (nSPS) is 19.5. The van der Waals surface area contributed by atoms with Gasteiger partial charge in [0, 0.05) is 26.2 Å². The first-order valence-corrected chi connectivity index (χ1v) is 7.27. The minimum Gasteiger partial charge on any atom is -0.381 e. The summed E-state index contributed by atoms with van der Waals surface area (Å²) in [5.74, 6) is 0. The molecule has 0 spiro atoms. The molecule has 1 heterocycles. The van der Waals surface area contributed by atoms with Crippen LogP contribution < -0.4 is 5.73 Å². The molecule has 0 aromatic heterocycles. The van der Waals surface area contributed by atoms with Crippen molar-refractivity contribution < 1.29 is 4.74 Å². The quantitative estimate of drug-likeness (QED) is 0.886. The Kier molecular flexibility index (Phi) is 5.37. The Labute approximate surface area is 116 Å². The Morgan fingerprint density at radius 1 is 1.32 bits per heavy atom. The monoisotopic (exact) mass is 262 g/mol. The van der Waals surface area contributed by atoms with Crippen molar-refractivity contribution in [1.82, 2.24) is 4.90 Å². The van der Waals surface area contributed by atoms with Crippen LogP contribution >= 0.6 is 0 Å². The van der Waals surface area contributed by atoms with Gasteiger partial charge in [0.2, 0.25) is 0 Å². The molecule has 3 heteroatoms. The molecule has 0 aliphatic carbocycles. The van der Waals surface area contributed by atoms with E-state index in [1.807, 2.05) is 7.11 Å². The summed E-state index contributed by atoms with van der Waals surface area (Å²) in [5, 5.41) is 0. The molecule has 1 fully saturated rings. The Bertz CT molecular complexity index is 386. The zero-order valence-corrected chi connectivity index (χ0v) is 12.1. The van der Waals surface area contributed by atoms with Crippen LogP contribution in [0.5, 0.6) is 0 Å². The van der Waals surface area contributed by atoms with Crippen molar-refractivity contribution in [2.75, 3.05) is 26.7 Å². The number of hydrogen-bond donors (Lipinski definition) is 1. The maximum absolute atomic E-state index is 6.32. The first-order valence-electron chi connectivity index (χ1n) is 7.27. The summed E-state index contributed by atoms with van der Waals surface area (Å²) in [4.78, 5) is 2.51. The molecule has 1 unspecified atom stereocenters. The smallest absolute Gasteiger partial charge is 0.0595 e. The van der Waals surface area contributed by atoms with Gasteiger partial charge in [-0.15, -0.1) is 0 Å². The number of benzene rings is 1. The summed E-state index contributed by atoms with van der Waals surface area (Å²) < 4.78 is 5.40. The van der Waals surface area contributed by atoms with E-state index in [1.54, 1.807) is 0 Å². The van der Waals surface area contributed by atoms with Crippen LogP contribution in [0.4, 0.5) is 0 Å². The van der Waals surface area contributed by atoms with E-state index in [2.05, 4.69) is 36.1 Å². The summed E-state index contributed by atoms with van der Waals surface area (Å²) in [5.41, 5.74) is 8.90. The number of likely N-dealkylation sites (tertiary alicyclic amines) is 1. The van der Waals surface area contributed by atoms with Gasteiger partial charge in [-0.2, -0.15) is 0 Å². The summed E-state index contributed by atoms with van der Waals surface area (Å²) >= 11 is 0. The SMILES string of the molecule is COC1CCN(CCC(N)c2ccccc2C)CC1. The van der Waals surface area contributed by atoms with Gasteiger partial charge in [0.25, 0.3) is 0 Å². The van der Waals surface area contributed by atoms with Gasteiger partial charge in [0.1, 0.15) is 0 Å². The highest BCUT2D eigenvalue weighted by atomic mass is 16.5. The van der Waals surface area contributed by atoms with E-state index in [9.17, 15) is 0 Å². The minimum atomic E-state index is 0.154. The van der Waals surface area contributed by atoms with Crippen LogP contribution in [0.1, 0.15) is 36.4 Å². The molecule has 0 amide bonds. The highest BCUT2D eigenvalue weighted by Gasteiger charge is 2.19. The third kappa shape index (κ3) is 4.03. The molecule has 2 N–H and O–H groups in total. The summed E-state index contributed by atoms with van der Waals surface area (Å²) in [6.45, 7) is 5.50. The maximum atomic E-state index is 6.32. The van der Waals surface area contributed by atoms with Gasteiger partial charge < -0.3 is 15.4 Å². The third-order valence-corrected chi connectivity index (χ3v) is 4.21. The van der Waals surface area contributed by atoms with Crippen molar-refractivity contribution in [2.45, 2.75) is 38.3 Å². The lowest BCUT2D eigenvalue weighted by Gasteiger charge is -2.31. The number of nitrogens with zero attached hydrogens (tertiary/aromatic N) is 1. The van der Waals surface area contributed by atoms with Crippen LogP contribution in [0.3, 0.4) is 0 Å². The second kappa shape index (κ2) is 7.04. The van der Waals surface area contributed by atoms with Gasteiger partial charge in [-0.25, -0.2) is 0 Å². The van der Waals surface area contributed by atoms with Crippen LogP contribution in [0.25, 0.3) is 0 Å². The van der Waals surface area contributed by atoms with E-state index in [0.29, 0.717) is 6.10 Å². The first-order chi connectivity index (χ1) is 9.20. The Morgan fingerprint density at radius 3 is 2.63 bits per heavy atom. The molecule has 3 nitrogen and oxygen atoms in total. The molecule has 19 heavy (non-hydrogen) atoms. The molecule has 1 atom stereocenters. The lowest BCUT2D eigenvalue weighted by Crippen LogP contribution is -2.38. The standard InChI is InChI=1S/C16H26N2O/c1-13-5-3-4-6-15(13)16(17)9-12-18-10-7-14(19-2)8-11-18/h3-6,14,16H,7-12,17H2,1-2H3. The second-order valence-corrected chi connectivity index (χ2v) is 5.53. The van der Waals surface area contributed by atoms with E-state index in [4.69, 9.17) is 10.5 Å². The highest BCUT2D eigenvalue weighted by Crippen LogP contribution is 2.20. The van der Waals surface area contributed by atoms with Crippen molar-refractivity contribution in [3.63, 3.8) is 0 Å². The number of aryl methyl sites for hydroxylation is 1. The van der Waals surface area contributed by atoms with Gasteiger partial charge in [0.05, 0.1) is 6.10 Å². The molecule has 1 aromatic rings. The first kappa shape index (κ1) is 14.5. The van der Waals surface area contributed by atoms with Crippen LogP contribution in [0.15, 0.2) is 24.3 Å². The molecule has 1 aliphatic heterocycles. The minimum absolute atomic E-state index is 0.154. The van der Waals surface area contributed by atoms with E-state index < -0.39 is 0 Å². The van der Waals surface area contributed by atoms with Crippen molar-refractivity contribution >= 4 is 0 Å². The van der Waals surface area contributed by atoms with E-state index in [1.165, 1.54) is 11.1 Å². The van der Waals surface area contributed by atoms with Gasteiger partial charge in [0.15, 0.2) is 0 Å². The summed E-state index contributed by atoms with van der Waals surface area (Å²) in [6.07, 6.45) is 3.79. The van der Waals surface area contributed by atoms with Crippen LogP contribution in [-0.4, -0.2) is 37.7 Å². The fraction of sp³-hybridized carbons (Fsp3) is 0.625. The number of ether oxygens (including phenoxy) is 1. The highest BCUT2D eigenvalue weighted by molar-refractivity contribution is 5.28. The van der Waals surface area contributed by atoms with Crippen LogP contribution in [0, 0.1) is 6.92 Å². The molecule has 106 valence electrons. The Hall–Kier alpha value is -0.900. The van der Waals surface area contributed by atoms with Crippen molar-refractivity contribution in [3.8, 4) is 0 Å². The average molecular weight is 262 g/mol. The number of piperidine rings is 1. The number of hydrogen-bond acceptors (Lipinski definition) is 3. The molecule has 1 aromatic carbocycles. The van der Waals surface area contributed by atoms with Crippen LogP contribution in [0.2, 0.25) is 0 Å². The zero-order chi connectivity index (χ0) is 13.7. The third-order valence-electron chi connectivity index (χ3n) is 4.21. The molecule has 1 saturated heterocycles. The molecular formula is C16H26N2O. The Morgan fingerprint density at radius 2 is 2.00 bits per heavy atom. The summed E-state index contributed by atoms with van der Waals surface area (Å²) in [7, 11) is 1.81. The molecular weight excluding hydrogens is 236 g/mol. The van der Waals surface area contributed by atoms with Crippen molar-refractivity contribution in [2.24, 2.45) is 5.73 Å². The molecule has 0 radical (unpaired) electrons. The van der Waals surface area contributed by atoms with E-state index in [0.717, 1.165) is 38.9 Å². The predicted octanol–water partition coefficient (Wildman–Crippen LogP) is 2.50. The lowest BCUT2D eigenvalue weighted by molar-refractivity contribution is 0.0404. The predicted molar refractivity (Wildman–Crippen MR) is 79.2 cm³/mol. The van der Waals surface area contributed by atoms with Crippen molar-refractivity contribution in [1.29, 1.82) is 0 Å². The largest absolute Gasteiger partial charge is 0.381 e. The molecule has 1 aliphatic rings. The second-order valence-electron chi connectivity index (χ2n) is 5.53. The Balaban J connectivity index is 1.78. The van der Waals surface area contributed by atoms with Gasteiger partial charge in [-0.05, 0) is 43.9 Å². The summed E-state index contributed by atoms with van der Waals surface area (Å²) in [6, 6.07) is 8.59. The fourth-order valence-corrected chi connectivity index (χ4v) is 2.85. The van der Waals surface area contributed by atoms with Gasteiger partial charge in [-0.1, -0.05) is 24.3 Å². The molecule has 0 bridgehead atoms. The molecule has 0 saturated carbocycles. The van der Waals surface area contributed by atoms with Crippen molar-refractivity contribution in [3.05, 3.63) is 35.4 Å². The lowest BCUT2D eigenvalue weighted by atomic mass is 9.99. The van der Waals surface area contributed by atoms with Crippen LogP contribution in [-0.2, 0) is 4.74 Å². The van der Waals surface area contributed by atoms with Gasteiger partial charge >= 0.3 is 0 Å². The van der Waals surface area contributed by atoms with E-state index in [-0.39, 0.29) is 6.04 Å². The maximum Gasteiger partial charge on any atom is 0.0595 e. The number of rotatable bonds is 5. The number of methoxy groups -OCH3 is 1. The van der Waals surface area contributed by atoms with Gasteiger partial charge in [-0.3, -0.25) is 0 Å². The molecule has 2 rings (SSSR count). The van der Waals surface area contributed by atoms with E-state index >= 15 is 0 Å². The fourth-order valence-electron chi connectivity index (χ4n) is 2.85. The zero-order valence-electron chi connectivity index (χ0n) is 12.1.